The highest BCUT2D eigenvalue weighted by Crippen LogP contribution is 2.18. The smallest absolute Gasteiger partial charge is 0.304 e. The lowest BCUT2D eigenvalue weighted by molar-refractivity contribution is -0.136. The van der Waals surface area contributed by atoms with E-state index in [1.54, 1.807) is 0 Å². The van der Waals surface area contributed by atoms with E-state index in [2.05, 4.69) is 10.0 Å². The lowest BCUT2D eigenvalue weighted by atomic mass is 10.4. The topological polar surface area (TPSA) is 113 Å². The molecule has 1 aromatic heterocycles. The summed E-state index contributed by atoms with van der Waals surface area (Å²) in [4.78, 5) is 21.8. The minimum Gasteiger partial charge on any atom is -0.481 e. The van der Waals surface area contributed by atoms with Crippen molar-refractivity contribution in [3.05, 3.63) is 16.3 Å². The van der Waals surface area contributed by atoms with Crippen LogP contribution < -0.4 is 10.0 Å². The third-order valence-corrected chi connectivity index (χ3v) is 4.49. The molecule has 0 aliphatic rings. The average Bonchev–Trinajstić information content (AvgIpc) is 2.77. The van der Waals surface area contributed by atoms with E-state index in [0.29, 0.717) is 0 Å². The van der Waals surface area contributed by atoms with Crippen LogP contribution in [0.2, 0.25) is 0 Å². The Kier molecular flexibility index (Phi) is 4.82. The van der Waals surface area contributed by atoms with E-state index >= 15 is 0 Å². The molecule has 0 saturated heterocycles. The third-order valence-electron chi connectivity index (χ3n) is 1.97. The van der Waals surface area contributed by atoms with Crippen LogP contribution in [0, 0.1) is 0 Å². The summed E-state index contributed by atoms with van der Waals surface area (Å²) >= 11 is 1.00. The standard InChI is InChI=1S/C9H12N2O5S2/c1-10-9(14)7-4-6(5-17-7)18(15,16)11-3-2-8(12)13/h4-5,11H,2-3H2,1H3,(H,10,14)(H,12,13). The first kappa shape index (κ1) is 14.6. The summed E-state index contributed by atoms with van der Waals surface area (Å²) in [5.74, 6) is -1.46. The van der Waals surface area contributed by atoms with Gasteiger partial charge >= 0.3 is 5.97 Å². The molecule has 1 aromatic rings. The first-order valence-corrected chi connectivity index (χ1v) is 7.25. The third kappa shape index (κ3) is 3.79. The molecule has 0 radical (unpaired) electrons. The minimum absolute atomic E-state index is 0.0449. The molecule has 1 rings (SSSR count). The van der Waals surface area contributed by atoms with Gasteiger partial charge in [0.1, 0.15) is 0 Å². The molecule has 0 aliphatic heterocycles. The molecule has 100 valence electrons. The predicted octanol–water partition coefficient (Wildman–Crippen LogP) is -0.139. The highest BCUT2D eigenvalue weighted by molar-refractivity contribution is 7.89. The molecule has 0 spiro atoms. The predicted molar refractivity (Wildman–Crippen MR) is 65.2 cm³/mol. The number of carboxylic acids is 1. The van der Waals surface area contributed by atoms with Crippen LogP contribution in [0.5, 0.6) is 0 Å². The number of hydrogen-bond acceptors (Lipinski definition) is 5. The van der Waals surface area contributed by atoms with Gasteiger partial charge in [-0.2, -0.15) is 0 Å². The molecule has 0 atom stereocenters. The maximum atomic E-state index is 11.7. The van der Waals surface area contributed by atoms with Gasteiger partial charge < -0.3 is 10.4 Å². The van der Waals surface area contributed by atoms with E-state index in [1.165, 1.54) is 18.5 Å². The number of aliphatic carboxylic acids is 1. The molecule has 7 nitrogen and oxygen atoms in total. The SMILES string of the molecule is CNC(=O)c1cc(S(=O)(=O)NCCC(=O)O)cs1. The number of carbonyl (C=O) groups excluding carboxylic acids is 1. The molecule has 3 N–H and O–H groups in total. The summed E-state index contributed by atoms with van der Waals surface area (Å²) < 4.78 is 25.6. The van der Waals surface area contributed by atoms with Crippen molar-refractivity contribution >= 4 is 33.2 Å². The first-order valence-electron chi connectivity index (χ1n) is 4.89. The van der Waals surface area contributed by atoms with E-state index in [9.17, 15) is 18.0 Å². The van der Waals surface area contributed by atoms with Gasteiger partial charge in [0.2, 0.25) is 10.0 Å². The van der Waals surface area contributed by atoms with Gasteiger partial charge in [0, 0.05) is 19.0 Å². The Morgan fingerprint density at radius 3 is 2.67 bits per heavy atom. The lowest BCUT2D eigenvalue weighted by Crippen LogP contribution is -2.26. The second kappa shape index (κ2) is 5.94. The normalized spacial score (nSPS) is 11.2. The summed E-state index contributed by atoms with van der Waals surface area (Å²) in [7, 11) is -2.31. The Hall–Kier alpha value is -1.45. The number of carboxylic acid groups (broad SMARTS) is 1. The van der Waals surface area contributed by atoms with E-state index in [0.717, 1.165) is 11.3 Å². The largest absolute Gasteiger partial charge is 0.481 e. The number of hydrogen-bond donors (Lipinski definition) is 3. The Bertz CT molecular complexity index is 549. The van der Waals surface area contributed by atoms with Crippen molar-refractivity contribution in [1.82, 2.24) is 10.0 Å². The van der Waals surface area contributed by atoms with E-state index in [-0.39, 0.29) is 28.6 Å². The zero-order chi connectivity index (χ0) is 13.8. The van der Waals surface area contributed by atoms with Gasteiger partial charge in [-0.3, -0.25) is 9.59 Å². The highest BCUT2D eigenvalue weighted by Gasteiger charge is 2.18. The van der Waals surface area contributed by atoms with Gasteiger partial charge in [0.05, 0.1) is 16.2 Å². The van der Waals surface area contributed by atoms with Gasteiger partial charge in [-0.25, -0.2) is 13.1 Å². The Balaban J connectivity index is 2.76. The number of nitrogens with one attached hydrogen (secondary N) is 2. The number of sulfonamides is 1. The fourth-order valence-corrected chi connectivity index (χ4v) is 3.33. The van der Waals surface area contributed by atoms with Crippen molar-refractivity contribution in [3.8, 4) is 0 Å². The van der Waals surface area contributed by atoms with Crippen molar-refractivity contribution in [2.75, 3.05) is 13.6 Å². The van der Waals surface area contributed by atoms with Crippen LogP contribution in [-0.2, 0) is 14.8 Å². The molecule has 0 aromatic carbocycles. The number of amides is 1. The summed E-state index contributed by atoms with van der Waals surface area (Å²) in [6.45, 7) is -0.192. The molecule has 0 fully saturated rings. The van der Waals surface area contributed by atoms with Crippen LogP contribution in [0.3, 0.4) is 0 Å². The fraction of sp³-hybridized carbons (Fsp3) is 0.333. The maximum Gasteiger partial charge on any atom is 0.304 e. The van der Waals surface area contributed by atoms with Crippen molar-refractivity contribution in [2.45, 2.75) is 11.3 Å². The second-order valence-corrected chi connectivity index (χ2v) is 5.95. The zero-order valence-corrected chi connectivity index (χ0v) is 11.1. The van der Waals surface area contributed by atoms with Crippen LogP contribution in [-0.4, -0.2) is 39.0 Å². The molecular formula is C9H12N2O5S2. The Morgan fingerprint density at radius 2 is 2.11 bits per heavy atom. The highest BCUT2D eigenvalue weighted by atomic mass is 32.2. The molecule has 9 heteroatoms. The number of carbonyl (C=O) groups is 2. The van der Waals surface area contributed by atoms with Crippen molar-refractivity contribution < 1.29 is 23.1 Å². The average molecular weight is 292 g/mol. The van der Waals surface area contributed by atoms with E-state index in [4.69, 9.17) is 5.11 Å². The minimum atomic E-state index is -3.76. The van der Waals surface area contributed by atoms with Crippen LogP contribution in [0.15, 0.2) is 16.3 Å². The van der Waals surface area contributed by atoms with Gasteiger partial charge in [-0.1, -0.05) is 0 Å². The Morgan fingerprint density at radius 1 is 1.44 bits per heavy atom. The monoisotopic (exact) mass is 292 g/mol. The van der Waals surface area contributed by atoms with Gasteiger partial charge in [-0.15, -0.1) is 11.3 Å². The molecular weight excluding hydrogens is 280 g/mol. The molecule has 0 bridgehead atoms. The van der Waals surface area contributed by atoms with Crippen molar-refractivity contribution in [3.63, 3.8) is 0 Å². The number of rotatable bonds is 6. The Labute approximate surface area is 108 Å². The van der Waals surface area contributed by atoms with E-state index in [1.807, 2.05) is 0 Å². The van der Waals surface area contributed by atoms with Gasteiger partial charge in [-0.05, 0) is 6.07 Å². The van der Waals surface area contributed by atoms with Crippen LogP contribution in [0.25, 0.3) is 0 Å². The van der Waals surface area contributed by atoms with Crippen LogP contribution >= 0.6 is 11.3 Å². The second-order valence-electron chi connectivity index (χ2n) is 3.27. The lowest BCUT2D eigenvalue weighted by Gasteiger charge is -2.02. The van der Waals surface area contributed by atoms with Crippen LogP contribution in [0.1, 0.15) is 16.1 Å². The zero-order valence-electron chi connectivity index (χ0n) is 9.47. The van der Waals surface area contributed by atoms with Crippen molar-refractivity contribution in [2.24, 2.45) is 0 Å². The number of thiophene rings is 1. The molecule has 0 unspecified atom stereocenters. The van der Waals surface area contributed by atoms with Crippen molar-refractivity contribution in [1.29, 1.82) is 0 Å². The molecule has 1 heterocycles. The maximum absolute atomic E-state index is 11.7. The molecule has 0 aliphatic carbocycles. The summed E-state index contributed by atoms with van der Waals surface area (Å²) in [5.41, 5.74) is 0. The summed E-state index contributed by atoms with van der Waals surface area (Å²) in [6, 6.07) is 1.24. The van der Waals surface area contributed by atoms with Gasteiger partial charge in [0.15, 0.2) is 0 Å². The summed E-state index contributed by atoms with van der Waals surface area (Å²) in [6.07, 6.45) is -0.300. The molecule has 0 saturated carbocycles. The van der Waals surface area contributed by atoms with Crippen LogP contribution in [0.4, 0.5) is 0 Å². The van der Waals surface area contributed by atoms with E-state index < -0.39 is 16.0 Å². The summed E-state index contributed by atoms with van der Waals surface area (Å²) in [5, 5.41) is 12.1. The first-order chi connectivity index (χ1) is 8.36. The fourth-order valence-electron chi connectivity index (χ4n) is 1.08. The van der Waals surface area contributed by atoms with Gasteiger partial charge in [0.25, 0.3) is 5.91 Å². The molecule has 1 amide bonds. The molecule has 18 heavy (non-hydrogen) atoms. The quantitative estimate of drug-likeness (QED) is 0.675.